The molecule has 1 aromatic carbocycles. The number of pyridine rings is 2. The van der Waals surface area contributed by atoms with Gasteiger partial charge in [-0.3, -0.25) is 14.7 Å². The van der Waals surface area contributed by atoms with Crippen molar-refractivity contribution >= 4 is 40.4 Å². The Morgan fingerprint density at radius 2 is 1.87 bits per heavy atom. The third kappa shape index (κ3) is 8.53. The predicted octanol–water partition coefficient (Wildman–Crippen LogP) is 6.44. The Morgan fingerprint density at radius 3 is 2.60 bits per heavy atom. The minimum atomic E-state index is -4.55. The molecule has 2 amide bonds. The Bertz CT molecular complexity index is 1730. The Hall–Kier alpha value is -4.78. The van der Waals surface area contributed by atoms with E-state index < -0.39 is 17.6 Å². The Kier molecular flexibility index (Phi) is 10.5. The molecule has 1 aliphatic carbocycles. The average Bonchev–Trinajstić information content (AvgIpc) is 3.50. The number of hydrogen-bond acceptors (Lipinski definition) is 7. The number of aromatic amines is 1. The number of rotatable bonds is 11. The molecule has 4 aromatic rings. The summed E-state index contributed by atoms with van der Waals surface area (Å²) in [5.41, 5.74) is 8.32. The molecular formula is C34H39F3N8O2. The van der Waals surface area contributed by atoms with Crippen LogP contribution in [0.3, 0.4) is 0 Å². The van der Waals surface area contributed by atoms with Gasteiger partial charge in [0.05, 0.1) is 16.6 Å². The van der Waals surface area contributed by atoms with Crippen molar-refractivity contribution in [3.05, 3.63) is 71.6 Å². The molecular weight excluding hydrogens is 609 g/mol. The fourth-order valence-electron chi connectivity index (χ4n) is 5.71. The van der Waals surface area contributed by atoms with Gasteiger partial charge in [0.25, 0.3) is 5.91 Å². The third-order valence-electron chi connectivity index (χ3n) is 8.55. The highest BCUT2D eigenvalue weighted by Gasteiger charge is 2.31. The summed E-state index contributed by atoms with van der Waals surface area (Å²) in [6.07, 6.45) is 9.09. The molecule has 47 heavy (non-hydrogen) atoms. The van der Waals surface area contributed by atoms with Crippen LogP contribution < -0.4 is 16.4 Å². The summed E-state index contributed by atoms with van der Waals surface area (Å²) < 4.78 is 39.1. The van der Waals surface area contributed by atoms with Crippen LogP contribution in [0.25, 0.3) is 28.2 Å². The first-order chi connectivity index (χ1) is 22.5. The van der Waals surface area contributed by atoms with Gasteiger partial charge in [0, 0.05) is 54.1 Å². The van der Waals surface area contributed by atoms with Crippen molar-refractivity contribution in [3.63, 3.8) is 0 Å². The number of amides is 2. The second kappa shape index (κ2) is 14.8. The molecule has 1 aliphatic rings. The van der Waals surface area contributed by atoms with Crippen molar-refractivity contribution in [2.75, 3.05) is 24.6 Å². The van der Waals surface area contributed by atoms with E-state index in [0.29, 0.717) is 40.4 Å². The second-order valence-electron chi connectivity index (χ2n) is 12.0. The first-order valence-electron chi connectivity index (χ1n) is 15.7. The largest absolute Gasteiger partial charge is 0.416 e. The van der Waals surface area contributed by atoms with Gasteiger partial charge in [0.2, 0.25) is 5.91 Å². The van der Waals surface area contributed by atoms with E-state index in [0.717, 1.165) is 49.7 Å². The van der Waals surface area contributed by atoms with Gasteiger partial charge in [-0.1, -0.05) is 43.5 Å². The first-order valence-corrected chi connectivity index (χ1v) is 15.7. The molecule has 0 bridgehead atoms. The number of nitrogen functional groups attached to an aromatic ring is 1. The molecule has 13 heteroatoms. The van der Waals surface area contributed by atoms with Crippen LogP contribution in [0.5, 0.6) is 0 Å². The molecule has 0 aliphatic heterocycles. The number of carbonyl (C=O) groups is 2. The molecule has 1 unspecified atom stereocenters. The van der Waals surface area contributed by atoms with Crippen LogP contribution in [0.4, 0.5) is 24.8 Å². The molecule has 5 rings (SSSR count). The smallest absolute Gasteiger partial charge is 0.383 e. The summed E-state index contributed by atoms with van der Waals surface area (Å²) in [6.45, 7) is 2.84. The average molecular weight is 649 g/mol. The lowest BCUT2D eigenvalue weighted by molar-refractivity contribution is -0.137. The van der Waals surface area contributed by atoms with Crippen LogP contribution in [0, 0.1) is 0 Å². The number of carbonyl (C=O) groups excluding carboxylic acids is 2. The van der Waals surface area contributed by atoms with Crippen molar-refractivity contribution in [2.24, 2.45) is 0 Å². The Labute approximate surface area is 271 Å². The molecule has 10 nitrogen and oxygen atoms in total. The van der Waals surface area contributed by atoms with E-state index in [4.69, 9.17) is 5.73 Å². The number of fused-ring (bicyclic) bond motifs is 1. The summed E-state index contributed by atoms with van der Waals surface area (Å²) in [7, 11) is 2.02. The van der Waals surface area contributed by atoms with Crippen LogP contribution in [-0.2, 0) is 11.0 Å². The highest BCUT2D eigenvalue weighted by molar-refractivity contribution is 6.05. The zero-order valence-corrected chi connectivity index (χ0v) is 26.4. The van der Waals surface area contributed by atoms with E-state index in [1.54, 1.807) is 30.5 Å². The monoisotopic (exact) mass is 648 g/mol. The lowest BCUT2D eigenvalue weighted by Gasteiger charge is -2.26. The summed E-state index contributed by atoms with van der Waals surface area (Å²) in [5.74, 6) is -0.402. The van der Waals surface area contributed by atoms with E-state index in [9.17, 15) is 22.8 Å². The number of nitrogens with two attached hydrogens (primary N) is 1. The van der Waals surface area contributed by atoms with Gasteiger partial charge in [-0.25, -0.2) is 9.97 Å². The van der Waals surface area contributed by atoms with Gasteiger partial charge < -0.3 is 21.3 Å². The van der Waals surface area contributed by atoms with Crippen LogP contribution in [0.1, 0.15) is 73.4 Å². The van der Waals surface area contributed by atoms with E-state index >= 15 is 0 Å². The zero-order valence-electron chi connectivity index (χ0n) is 26.4. The molecule has 0 spiro atoms. The quantitative estimate of drug-likeness (QED) is 0.147. The topological polar surface area (TPSA) is 142 Å². The lowest BCUT2D eigenvalue weighted by atomic mass is 9.95. The normalized spacial score (nSPS) is 14.9. The molecule has 1 saturated carbocycles. The fraction of sp³-hybridized carbons (Fsp3) is 0.382. The minimum absolute atomic E-state index is 0.112. The van der Waals surface area contributed by atoms with Crippen LogP contribution in [0.15, 0.2) is 54.9 Å². The molecule has 1 fully saturated rings. The molecule has 1 atom stereocenters. The van der Waals surface area contributed by atoms with Gasteiger partial charge in [0.15, 0.2) is 0 Å². The molecule has 3 aromatic heterocycles. The predicted molar refractivity (Wildman–Crippen MR) is 176 cm³/mol. The Balaban J connectivity index is 1.19. The highest BCUT2D eigenvalue weighted by atomic mass is 19.4. The number of benzene rings is 1. The maximum atomic E-state index is 13.0. The number of hydrogen-bond donors (Lipinski definition) is 4. The van der Waals surface area contributed by atoms with Crippen molar-refractivity contribution in [1.29, 1.82) is 0 Å². The van der Waals surface area contributed by atoms with Crippen molar-refractivity contribution in [1.82, 2.24) is 30.4 Å². The third-order valence-corrected chi connectivity index (χ3v) is 8.55. The van der Waals surface area contributed by atoms with Gasteiger partial charge in [-0.05, 0) is 57.5 Å². The molecule has 0 radical (unpaired) electrons. The zero-order chi connectivity index (χ0) is 33.6. The molecule has 5 N–H and O–H groups in total. The molecule has 248 valence electrons. The van der Waals surface area contributed by atoms with E-state index in [1.165, 1.54) is 19.3 Å². The number of alkyl halides is 3. The van der Waals surface area contributed by atoms with Crippen LogP contribution >= 0.6 is 0 Å². The number of aromatic nitrogens is 4. The maximum absolute atomic E-state index is 13.0. The lowest BCUT2D eigenvalue weighted by Crippen LogP contribution is -2.40. The van der Waals surface area contributed by atoms with Gasteiger partial charge in [0.1, 0.15) is 17.2 Å². The SMILES string of the molecule is CC(CC(=O)NC1CCCCC1)N(C)CC/C=C/c1cnc(N)c2c(-c3ccc(C(=O)Nc4cc(C(F)(F)F)ccn4)cc3)[nH]nc12. The molecule has 3 heterocycles. The van der Waals surface area contributed by atoms with Crippen molar-refractivity contribution < 1.29 is 22.8 Å². The number of halogens is 3. The number of nitrogens with zero attached hydrogens (tertiary/aromatic N) is 4. The molecule has 0 saturated heterocycles. The highest BCUT2D eigenvalue weighted by Crippen LogP contribution is 2.33. The van der Waals surface area contributed by atoms with Gasteiger partial charge in [-0.2, -0.15) is 18.3 Å². The van der Waals surface area contributed by atoms with Crippen molar-refractivity contribution in [2.45, 2.75) is 70.1 Å². The van der Waals surface area contributed by atoms with Crippen molar-refractivity contribution in [3.8, 4) is 11.3 Å². The fourth-order valence-corrected chi connectivity index (χ4v) is 5.71. The van der Waals surface area contributed by atoms with Gasteiger partial charge in [-0.15, -0.1) is 0 Å². The van der Waals surface area contributed by atoms with Crippen LogP contribution in [-0.4, -0.2) is 62.6 Å². The standard InChI is InChI=1S/C34H39F3N8O2/c1-21(18-28(46)41-26-9-4-3-5-10-26)45(2)17-7-6-8-24-20-40-32(38)29-30(43-44-31(24)29)22-11-13-23(14-12-22)33(47)42-27-19-25(15-16-39-27)34(35,36)37/h6,8,11-16,19-21,26H,3-5,7,9-10,17-18H2,1-2H3,(H2,38,40)(H,41,46)(H,43,44)(H,39,42,47)/b8-6+. The summed E-state index contributed by atoms with van der Waals surface area (Å²) >= 11 is 0. The number of anilines is 2. The Morgan fingerprint density at radius 1 is 1.13 bits per heavy atom. The number of H-pyrrole nitrogens is 1. The second-order valence-corrected chi connectivity index (χ2v) is 12.0. The van der Waals surface area contributed by atoms with E-state index in [2.05, 4.69) is 42.6 Å². The van der Waals surface area contributed by atoms with Crippen LogP contribution in [0.2, 0.25) is 0 Å². The summed E-state index contributed by atoms with van der Waals surface area (Å²) in [5, 5.41) is 13.7. The van der Waals surface area contributed by atoms with Gasteiger partial charge >= 0.3 is 6.18 Å². The van der Waals surface area contributed by atoms with E-state index in [1.807, 2.05) is 19.2 Å². The minimum Gasteiger partial charge on any atom is -0.383 e. The van der Waals surface area contributed by atoms with E-state index in [-0.39, 0.29) is 23.3 Å². The summed E-state index contributed by atoms with van der Waals surface area (Å²) in [4.78, 5) is 35.6. The number of nitrogens with one attached hydrogen (secondary N) is 3. The summed E-state index contributed by atoms with van der Waals surface area (Å²) in [6, 6.07) is 8.53. The first kappa shape index (κ1) is 33.6. The maximum Gasteiger partial charge on any atom is 0.416 e.